The molecule has 3 rings (SSSR count). The van der Waals surface area contributed by atoms with Crippen LogP contribution in [0.2, 0.25) is 0 Å². The van der Waals surface area contributed by atoms with E-state index in [1.54, 1.807) is 24.3 Å². The van der Waals surface area contributed by atoms with Gasteiger partial charge in [-0.1, -0.05) is 46.3 Å². The second-order valence-electron chi connectivity index (χ2n) is 5.41. The zero-order valence-electron chi connectivity index (χ0n) is 12.7. The molecule has 0 fully saturated rings. The summed E-state index contributed by atoms with van der Waals surface area (Å²) in [6, 6.07) is 14.3. The van der Waals surface area contributed by atoms with Crippen LogP contribution in [-0.4, -0.2) is 29.2 Å². The molecule has 0 spiro atoms. The van der Waals surface area contributed by atoms with Crippen molar-refractivity contribution in [1.82, 2.24) is 4.90 Å². The first-order valence-corrected chi connectivity index (χ1v) is 8.16. The molecular weight excluding hydrogens is 374 g/mol. The number of fused-ring (bicyclic) bond motifs is 1. The van der Waals surface area contributed by atoms with E-state index in [1.165, 1.54) is 0 Å². The van der Waals surface area contributed by atoms with Crippen LogP contribution >= 0.6 is 15.9 Å². The van der Waals surface area contributed by atoms with Crippen LogP contribution in [-0.2, 0) is 27.4 Å². The Kier molecular flexibility index (Phi) is 4.76. The molecule has 0 radical (unpaired) electrons. The quantitative estimate of drug-likeness (QED) is 0.597. The summed E-state index contributed by atoms with van der Waals surface area (Å²) >= 11 is 3.33. The number of imide groups is 1. The second-order valence-corrected chi connectivity index (χ2v) is 6.32. The smallest absolute Gasteiger partial charge is 0.326 e. The summed E-state index contributed by atoms with van der Waals surface area (Å²) in [7, 11) is 0. The fourth-order valence-corrected chi connectivity index (χ4v) is 2.74. The molecule has 0 bridgehead atoms. The lowest BCUT2D eigenvalue weighted by Crippen LogP contribution is -2.45. The molecule has 24 heavy (non-hydrogen) atoms. The zero-order valence-corrected chi connectivity index (χ0v) is 14.3. The van der Waals surface area contributed by atoms with Gasteiger partial charge in [-0.05, 0) is 29.3 Å². The molecular formula is C18H14BrNO4. The van der Waals surface area contributed by atoms with E-state index in [4.69, 9.17) is 4.74 Å². The molecule has 0 saturated heterocycles. The Morgan fingerprint density at radius 1 is 1.08 bits per heavy atom. The fraction of sp³-hybridized carbons (Fsp3) is 0.167. The maximum atomic E-state index is 12.4. The lowest BCUT2D eigenvalue weighted by atomic mass is 9.98. The molecule has 1 heterocycles. The monoisotopic (exact) mass is 387 g/mol. The third-order valence-electron chi connectivity index (χ3n) is 3.74. The number of nitrogens with zero attached hydrogens (tertiary/aromatic N) is 1. The highest BCUT2D eigenvalue weighted by Gasteiger charge is 2.32. The first-order chi connectivity index (χ1) is 11.5. The highest BCUT2D eigenvalue weighted by Crippen LogP contribution is 2.19. The summed E-state index contributed by atoms with van der Waals surface area (Å²) in [4.78, 5) is 37.4. The lowest BCUT2D eigenvalue weighted by molar-refractivity contribution is -0.149. The van der Waals surface area contributed by atoms with Crippen LogP contribution in [0.3, 0.4) is 0 Å². The zero-order chi connectivity index (χ0) is 17.1. The molecule has 122 valence electrons. The van der Waals surface area contributed by atoms with Gasteiger partial charge in [0.05, 0.1) is 6.42 Å². The van der Waals surface area contributed by atoms with Crippen molar-refractivity contribution >= 4 is 33.7 Å². The van der Waals surface area contributed by atoms with E-state index in [1.807, 2.05) is 24.3 Å². The molecule has 1 aliphatic heterocycles. The van der Waals surface area contributed by atoms with Crippen LogP contribution in [0.25, 0.3) is 0 Å². The SMILES string of the molecule is O=C(CN1C(=O)Cc2ccccc2C1=O)OCc1ccc(Br)cc1. The van der Waals surface area contributed by atoms with Crippen molar-refractivity contribution < 1.29 is 19.1 Å². The van der Waals surface area contributed by atoms with Gasteiger partial charge in [-0.2, -0.15) is 0 Å². The van der Waals surface area contributed by atoms with E-state index in [-0.39, 0.29) is 25.5 Å². The minimum atomic E-state index is -0.612. The number of ether oxygens (including phenoxy) is 1. The Morgan fingerprint density at radius 3 is 2.54 bits per heavy atom. The van der Waals surface area contributed by atoms with Gasteiger partial charge in [-0.25, -0.2) is 0 Å². The van der Waals surface area contributed by atoms with Crippen molar-refractivity contribution in [3.05, 3.63) is 69.7 Å². The van der Waals surface area contributed by atoms with Crippen LogP contribution in [0.5, 0.6) is 0 Å². The molecule has 6 heteroatoms. The predicted octanol–water partition coefficient (Wildman–Crippen LogP) is 2.72. The predicted molar refractivity (Wildman–Crippen MR) is 90.1 cm³/mol. The number of hydrogen-bond donors (Lipinski definition) is 0. The van der Waals surface area contributed by atoms with E-state index in [9.17, 15) is 14.4 Å². The molecule has 0 aromatic heterocycles. The van der Waals surface area contributed by atoms with Gasteiger partial charge in [-0.15, -0.1) is 0 Å². The minimum absolute atomic E-state index is 0.0962. The van der Waals surface area contributed by atoms with Crippen LogP contribution in [0.1, 0.15) is 21.5 Å². The number of carbonyl (C=O) groups excluding carboxylic acids is 3. The van der Waals surface area contributed by atoms with Crippen molar-refractivity contribution in [1.29, 1.82) is 0 Å². The van der Waals surface area contributed by atoms with Crippen molar-refractivity contribution in [3.63, 3.8) is 0 Å². The highest BCUT2D eigenvalue weighted by molar-refractivity contribution is 9.10. The highest BCUT2D eigenvalue weighted by atomic mass is 79.9. The summed E-state index contributed by atoms with van der Waals surface area (Å²) in [6.45, 7) is -0.276. The minimum Gasteiger partial charge on any atom is -0.459 e. The van der Waals surface area contributed by atoms with Crippen molar-refractivity contribution in [2.75, 3.05) is 6.54 Å². The largest absolute Gasteiger partial charge is 0.459 e. The molecule has 0 saturated carbocycles. The van der Waals surface area contributed by atoms with E-state index < -0.39 is 11.9 Å². The van der Waals surface area contributed by atoms with Crippen molar-refractivity contribution in [2.24, 2.45) is 0 Å². The summed E-state index contributed by atoms with van der Waals surface area (Å²) < 4.78 is 6.09. The Labute approximate surface area is 147 Å². The summed E-state index contributed by atoms with van der Waals surface area (Å²) in [5.41, 5.74) is 1.97. The number of rotatable bonds is 4. The summed E-state index contributed by atoms with van der Waals surface area (Å²) in [5, 5.41) is 0. The normalized spacial score (nSPS) is 13.6. The molecule has 0 atom stereocenters. The Morgan fingerprint density at radius 2 is 1.79 bits per heavy atom. The van der Waals surface area contributed by atoms with Gasteiger partial charge < -0.3 is 4.74 Å². The van der Waals surface area contributed by atoms with Gasteiger partial charge in [0.1, 0.15) is 13.2 Å². The topological polar surface area (TPSA) is 63.7 Å². The fourth-order valence-electron chi connectivity index (χ4n) is 2.48. The van der Waals surface area contributed by atoms with Crippen LogP contribution in [0.4, 0.5) is 0 Å². The maximum Gasteiger partial charge on any atom is 0.326 e. The van der Waals surface area contributed by atoms with Gasteiger partial charge >= 0.3 is 5.97 Å². The number of carbonyl (C=O) groups is 3. The summed E-state index contributed by atoms with van der Waals surface area (Å²) in [6.07, 6.45) is 0.113. The number of esters is 1. The van der Waals surface area contributed by atoms with E-state index >= 15 is 0 Å². The molecule has 1 aliphatic rings. The molecule has 5 nitrogen and oxygen atoms in total. The number of amides is 2. The van der Waals surface area contributed by atoms with Crippen molar-refractivity contribution in [2.45, 2.75) is 13.0 Å². The first kappa shape index (κ1) is 16.4. The van der Waals surface area contributed by atoms with Crippen LogP contribution in [0, 0.1) is 0 Å². The van der Waals surface area contributed by atoms with Gasteiger partial charge in [0.15, 0.2) is 0 Å². The van der Waals surface area contributed by atoms with Crippen LogP contribution in [0.15, 0.2) is 53.0 Å². The third kappa shape index (κ3) is 3.54. The van der Waals surface area contributed by atoms with Gasteiger partial charge in [0, 0.05) is 10.0 Å². The van der Waals surface area contributed by atoms with Gasteiger partial charge in [0.25, 0.3) is 5.91 Å². The average Bonchev–Trinajstić information content (AvgIpc) is 2.58. The molecule has 2 aromatic carbocycles. The van der Waals surface area contributed by atoms with Crippen molar-refractivity contribution in [3.8, 4) is 0 Å². The van der Waals surface area contributed by atoms with Gasteiger partial charge in [-0.3, -0.25) is 19.3 Å². The third-order valence-corrected chi connectivity index (χ3v) is 4.26. The molecule has 0 unspecified atom stereocenters. The molecule has 0 N–H and O–H groups in total. The average molecular weight is 388 g/mol. The molecule has 0 aliphatic carbocycles. The lowest BCUT2D eigenvalue weighted by Gasteiger charge is -2.25. The first-order valence-electron chi connectivity index (χ1n) is 7.37. The Balaban J connectivity index is 1.63. The second kappa shape index (κ2) is 6.97. The van der Waals surface area contributed by atoms with E-state index in [0.717, 1.165) is 14.9 Å². The number of halogens is 1. The summed E-state index contributed by atoms with van der Waals surface area (Å²) in [5.74, 6) is -1.46. The number of hydrogen-bond acceptors (Lipinski definition) is 4. The maximum absolute atomic E-state index is 12.4. The molecule has 2 aromatic rings. The van der Waals surface area contributed by atoms with E-state index in [2.05, 4.69) is 15.9 Å². The van der Waals surface area contributed by atoms with Gasteiger partial charge in [0.2, 0.25) is 5.91 Å². The van der Waals surface area contributed by atoms with Crippen LogP contribution < -0.4 is 0 Å². The van der Waals surface area contributed by atoms with E-state index in [0.29, 0.717) is 11.1 Å². The molecule has 2 amide bonds. The number of benzene rings is 2. The Bertz CT molecular complexity index is 801. The Hall–Kier alpha value is -2.47. The standard InChI is InChI=1S/C18H14BrNO4/c19-14-7-5-12(6-8-14)11-24-17(22)10-20-16(21)9-13-3-1-2-4-15(13)18(20)23/h1-8H,9-11H2.